The molecule has 0 amide bonds. The molecule has 0 bridgehead atoms. The van der Waals surface area contributed by atoms with Crippen LogP contribution in [0.5, 0.6) is 0 Å². The van der Waals surface area contributed by atoms with Crippen molar-refractivity contribution < 1.29 is 8.42 Å². The zero-order valence-electron chi connectivity index (χ0n) is 21.4. The standard InChI is InChI=1S/C34H21NO4S/c1-34(20-10-3-2-4-11-20)24-15-6-8-17-27(24)40(38,39)28-19-18-26-29(30(28)34)33(37)23-14-9-13-22-31(23)35(26)25-16-7-5-12-21(25)32(22)36/h2-19H,1H3. The molecule has 5 aromatic carbocycles. The molecule has 5 nitrogen and oxygen atoms in total. The Morgan fingerprint density at radius 1 is 0.600 bits per heavy atom. The van der Waals surface area contributed by atoms with Crippen molar-refractivity contribution in [2.24, 2.45) is 0 Å². The number of pyridine rings is 2. The lowest BCUT2D eigenvalue weighted by Crippen LogP contribution is -2.35. The number of fused-ring (bicyclic) bond motifs is 7. The van der Waals surface area contributed by atoms with E-state index in [2.05, 4.69) is 0 Å². The highest BCUT2D eigenvalue weighted by Gasteiger charge is 2.46. The van der Waals surface area contributed by atoms with Gasteiger partial charge >= 0.3 is 0 Å². The van der Waals surface area contributed by atoms with Crippen LogP contribution in [0.3, 0.4) is 0 Å². The average molecular weight is 540 g/mol. The van der Waals surface area contributed by atoms with Crippen LogP contribution in [-0.4, -0.2) is 12.8 Å². The molecule has 0 N–H and O–H groups in total. The van der Waals surface area contributed by atoms with Crippen molar-refractivity contribution in [2.45, 2.75) is 22.1 Å². The number of hydrogen-bond donors (Lipinski definition) is 0. The Morgan fingerprint density at radius 2 is 1.25 bits per heavy atom. The summed E-state index contributed by atoms with van der Waals surface area (Å²) in [4.78, 5) is 28.4. The molecule has 6 heteroatoms. The highest BCUT2D eigenvalue weighted by molar-refractivity contribution is 7.91. The molecule has 0 spiro atoms. The Morgan fingerprint density at radius 3 is 2.05 bits per heavy atom. The minimum absolute atomic E-state index is 0.130. The van der Waals surface area contributed by atoms with Gasteiger partial charge in [0.15, 0.2) is 10.9 Å². The van der Waals surface area contributed by atoms with Crippen LogP contribution in [0.4, 0.5) is 0 Å². The summed E-state index contributed by atoms with van der Waals surface area (Å²) < 4.78 is 30.2. The molecule has 8 rings (SSSR count). The minimum atomic E-state index is -3.93. The maximum Gasteiger partial charge on any atom is 0.207 e. The Bertz CT molecular complexity index is 2450. The smallest absolute Gasteiger partial charge is 0.207 e. The Hall–Kier alpha value is -4.81. The maximum absolute atomic E-state index is 14.5. The molecule has 0 saturated heterocycles. The van der Waals surface area contributed by atoms with Crippen LogP contribution < -0.4 is 10.9 Å². The molecule has 1 atom stereocenters. The van der Waals surface area contributed by atoms with Gasteiger partial charge in [-0.3, -0.25) is 9.59 Å². The third-order valence-corrected chi connectivity index (χ3v) is 10.5. The fourth-order valence-corrected chi connectivity index (χ4v) is 8.69. The first-order valence-corrected chi connectivity index (χ1v) is 14.5. The monoisotopic (exact) mass is 539 g/mol. The van der Waals surface area contributed by atoms with Gasteiger partial charge in [0.25, 0.3) is 0 Å². The van der Waals surface area contributed by atoms with Crippen molar-refractivity contribution in [1.29, 1.82) is 0 Å². The third-order valence-electron chi connectivity index (χ3n) is 8.61. The lowest BCUT2D eigenvalue weighted by Gasteiger charge is -2.39. The molecule has 192 valence electrons. The summed E-state index contributed by atoms with van der Waals surface area (Å²) in [6, 6.07) is 32.7. The third kappa shape index (κ3) is 2.64. The summed E-state index contributed by atoms with van der Waals surface area (Å²) in [5, 5.41) is 1.72. The number of hydrogen-bond acceptors (Lipinski definition) is 4. The van der Waals surface area contributed by atoms with E-state index in [1.165, 1.54) is 0 Å². The van der Waals surface area contributed by atoms with Crippen LogP contribution in [0.25, 0.3) is 38.1 Å². The highest BCUT2D eigenvalue weighted by Crippen LogP contribution is 2.51. The van der Waals surface area contributed by atoms with E-state index >= 15 is 0 Å². The van der Waals surface area contributed by atoms with E-state index in [0.717, 1.165) is 5.56 Å². The van der Waals surface area contributed by atoms with Gasteiger partial charge in [-0.15, -0.1) is 0 Å². The second-order valence-corrected chi connectivity index (χ2v) is 12.4. The summed E-state index contributed by atoms with van der Waals surface area (Å²) in [5.74, 6) is 0. The summed E-state index contributed by atoms with van der Waals surface area (Å²) in [5.41, 5.74) is 2.39. The summed E-state index contributed by atoms with van der Waals surface area (Å²) >= 11 is 0. The van der Waals surface area contributed by atoms with Gasteiger partial charge in [0.2, 0.25) is 9.84 Å². The lowest BCUT2D eigenvalue weighted by molar-refractivity contribution is 0.572. The number of sulfone groups is 1. The van der Waals surface area contributed by atoms with Crippen LogP contribution in [0.2, 0.25) is 0 Å². The van der Waals surface area contributed by atoms with E-state index < -0.39 is 15.3 Å². The molecule has 0 fully saturated rings. The fourth-order valence-electron chi connectivity index (χ4n) is 6.81. The van der Waals surface area contributed by atoms with Gasteiger partial charge in [-0.2, -0.15) is 0 Å². The topological polar surface area (TPSA) is 72.7 Å². The molecule has 1 unspecified atom stereocenters. The maximum atomic E-state index is 14.5. The highest BCUT2D eigenvalue weighted by atomic mass is 32.2. The Labute approximate surface area is 228 Å². The average Bonchev–Trinajstić information content (AvgIpc) is 2.99. The SMILES string of the molecule is CC1(c2ccccc2)c2ccccc2S(=O)(=O)c2ccc3c(c21)c(=O)c1cccc2c(=O)c4ccccc4n3c21. The number of nitrogens with zero attached hydrogens (tertiary/aromatic N) is 1. The van der Waals surface area contributed by atoms with E-state index in [-0.39, 0.29) is 20.6 Å². The van der Waals surface area contributed by atoms with Gasteiger partial charge in [-0.1, -0.05) is 66.7 Å². The van der Waals surface area contributed by atoms with E-state index in [1.54, 1.807) is 48.5 Å². The first-order valence-electron chi connectivity index (χ1n) is 13.0. The zero-order chi connectivity index (χ0) is 27.4. The number of aromatic nitrogens is 1. The van der Waals surface area contributed by atoms with Crippen molar-refractivity contribution in [2.75, 3.05) is 0 Å². The molecular weight excluding hydrogens is 518 g/mol. The molecule has 1 aliphatic heterocycles. The fraction of sp³-hybridized carbons (Fsp3) is 0.0588. The van der Waals surface area contributed by atoms with E-state index in [9.17, 15) is 18.0 Å². The van der Waals surface area contributed by atoms with Crippen molar-refractivity contribution in [3.63, 3.8) is 0 Å². The van der Waals surface area contributed by atoms with Gasteiger partial charge in [0, 0.05) is 21.6 Å². The van der Waals surface area contributed by atoms with Crippen LogP contribution in [-0.2, 0) is 15.3 Å². The molecule has 3 heterocycles. The molecule has 0 radical (unpaired) electrons. The number of para-hydroxylation sites is 2. The van der Waals surface area contributed by atoms with E-state index in [1.807, 2.05) is 72.0 Å². The molecule has 40 heavy (non-hydrogen) atoms. The minimum Gasteiger partial charge on any atom is -0.307 e. The summed E-state index contributed by atoms with van der Waals surface area (Å²) in [6.07, 6.45) is 0. The Balaban J connectivity index is 1.72. The second kappa shape index (κ2) is 7.64. The van der Waals surface area contributed by atoms with Crippen LogP contribution >= 0.6 is 0 Å². The van der Waals surface area contributed by atoms with Gasteiger partial charge < -0.3 is 4.40 Å². The first kappa shape index (κ1) is 23.1. The summed E-state index contributed by atoms with van der Waals surface area (Å²) in [7, 11) is -3.93. The predicted octanol–water partition coefficient (Wildman–Crippen LogP) is 6.06. The molecular formula is C34H21NO4S. The van der Waals surface area contributed by atoms with Crippen LogP contribution in [0, 0.1) is 0 Å². The van der Waals surface area contributed by atoms with Gasteiger partial charge in [-0.25, -0.2) is 8.42 Å². The number of rotatable bonds is 1. The predicted molar refractivity (Wildman–Crippen MR) is 158 cm³/mol. The van der Waals surface area contributed by atoms with Crippen LogP contribution in [0.1, 0.15) is 23.6 Å². The zero-order valence-corrected chi connectivity index (χ0v) is 22.2. The Kier molecular flexibility index (Phi) is 4.42. The molecule has 1 aliphatic rings. The van der Waals surface area contributed by atoms with Gasteiger partial charge in [-0.05, 0) is 66.1 Å². The molecule has 7 aromatic rings. The first-order chi connectivity index (χ1) is 19.3. The van der Waals surface area contributed by atoms with Gasteiger partial charge in [0.05, 0.1) is 31.7 Å². The van der Waals surface area contributed by atoms with E-state index in [0.29, 0.717) is 49.2 Å². The normalized spacial score (nSPS) is 17.8. The lowest BCUT2D eigenvalue weighted by atomic mass is 9.69. The van der Waals surface area contributed by atoms with Gasteiger partial charge in [0.1, 0.15) is 0 Å². The van der Waals surface area contributed by atoms with Crippen molar-refractivity contribution in [3.05, 3.63) is 146 Å². The van der Waals surface area contributed by atoms with Crippen molar-refractivity contribution in [1.82, 2.24) is 4.40 Å². The largest absolute Gasteiger partial charge is 0.307 e. The quantitative estimate of drug-likeness (QED) is 0.188. The second-order valence-electron chi connectivity index (χ2n) is 10.5. The molecule has 0 aliphatic carbocycles. The number of benzene rings is 5. The molecule has 2 aromatic heterocycles. The van der Waals surface area contributed by atoms with Crippen LogP contribution in [0.15, 0.2) is 129 Å². The van der Waals surface area contributed by atoms with Crippen molar-refractivity contribution >= 4 is 47.9 Å². The van der Waals surface area contributed by atoms with Crippen molar-refractivity contribution in [3.8, 4) is 0 Å². The molecule has 0 saturated carbocycles. The van der Waals surface area contributed by atoms with E-state index in [4.69, 9.17) is 0 Å². The summed E-state index contributed by atoms with van der Waals surface area (Å²) in [6.45, 7) is 2.00.